The standard InChI is InChI=1S/C29H32N2O5/c1-20(2)25(31-29(34)36-19-21-13-7-4-8-14-21)27(32)30-26(28(33)35-3)24(22-15-9-5-10-16-22)23-17-11-6-12-18-23/h4-18,20,24-26H,19H2,1-3H3,(H,30,32)(H,31,34)/t25-,26+/m1/s1. The Hall–Kier alpha value is -4.13. The monoisotopic (exact) mass is 488 g/mol. The summed E-state index contributed by atoms with van der Waals surface area (Å²) in [5.74, 6) is -1.86. The van der Waals surface area contributed by atoms with Gasteiger partial charge in [0.05, 0.1) is 7.11 Å². The number of methoxy groups -OCH3 is 1. The number of hydrogen-bond acceptors (Lipinski definition) is 5. The van der Waals surface area contributed by atoms with Crippen LogP contribution in [0, 0.1) is 5.92 Å². The van der Waals surface area contributed by atoms with Gasteiger partial charge in [-0.15, -0.1) is 0 Å². The zero-order valence-corrected chi connectivity index (χ0v) is 20.7. The average Bonchev–Trinajstić information content (AvgIpc) is 2.91. The number of hydrogen-bond donors (Lipinski definition) is 2. The van der Waals surface area contributed by atoms with E-state index in [9.17, 15) is 14.4 Å². The van der Waals surface area contributed by atoms with Crippen LogP contribution in [-0.4, -0.2) is 37.2 Å². The largest absolute Gasteiger partial charge is 0.467 e. The molecule has 0 aliphatic carbocycles. The fourth-order valence-corrected chi connectivity index (χ4v) is 3.97. The van der Waals surface area contributed by atoms with Crippen molar-refractivity contribution in [1.82, 2.24) is 10.6 Å². The van der Waals surface area contributed by atoms with Gasteiger partial charge in [0.25, 0.3) is 0 Å². The van der Waals surface area contributed by atoms with E-state index in [0.29, 0.717) is 0 Å². The van der Waals surface area contributed by atoms with Gasteiger partial charge < -0.3 is 20.1 Å². The van der Waals surface area contributed by atoms with Gasteiger partial charge in [0.2, 0.25) is 5.91 Å². The molecular weight excluding hydrogens is 456 g/mol. The van der Waals surface area contributed by atoms with Crippen LogP contribution >= 0.6 is 0 Å². The molecule has 3 aromatic carbocycles. The van der Waals surface area contributed by atoms with E-state index in [0.717, 1.165) is 16.7 Å². The summed E-state index contributed by atoms with van der Waals surface area (Å²) in [6.45, 7) is 3.69. The van der Waals surface area contributed by atoms with Crippen molar-refractivity contribution in [1.29, 1.82) is 0 Å². The normalized spacial score (nSPS) is 12.5. The predicted octanol–water partition coefficient (Wildman–Crippen LogP) is 4.43. The van der Waals surface area contributed by atoms with E-state index in [4.69, 9.17) is 9.47 Å². The van der Waals surface area contributed by atoms with Crippen molar-refractivity contribution in [3.63, 3.8) is 0 Å². The van der Waals surface area contributed by atoms with Gasteiger partial charge >= 0.3 is 12.1 Å². The molecule has 0 saturated heterocycles. The first-order valence-corrected chi connectivity index (χ1v) is 11.9. The van der Waals surface area contributed by atoms with Crippen LogP contribution in [0.1, 0.15) is 36.5 Å². The third-order valence-electron chi connectivity index (χ3n) is 5.84. The van der Waals surface area contributed by atoms with Gasteiger partial charge in [-0.05, 0) is 22.6 Å². The van der Waals surface area contributed by atoms with Crippen LogP contribution < -0.4 is 10.6 Å². The Morgan fingerprint density at radius 3 is 1.69 bits per heavy atom. The molecule has 0 aliphatic rings. The number of rotatable bonds is 10. The van der Waals surface area contributed by atoms with Crippen molar-refractivity contribution in [2.24, 2.45) is 5.92 Å². The Labute approximate surface area is 211 Å². The van der Waals surface area contributed by atoms with Crippen LogP contribution in [-0.2, 0) is 25.7 Å². The molecule has 0 bridgehead atoms. The van der Waals surface area contributed by atoms with Crippen molar-refractivity contribution < 1.29 is 23.9 Å². The van der Waals surface area contributed by atoms with Crippen molar-refractivity contribution in [3.8, 4) is 0 Å². The van der Waals surface area contributed by atoms with E-state index in [-0.39, 0.29) is 12.5 Å². The molecule has 0 unspecified atom stereocenters. The highest BCUT2D eigenvalue weighted by Crippen LogP contribution is 2.29. The second kappa shape index (κ2) is 13.1. The molecule has 7 heteroatoms. The maximum absolute atomic E-state index is 13.4. The summed E-state index contributed by atoms with van der Waals surface area (Å²) in [6.07, 6.45) is -0.718. The fraction of sp³-hybridized carbons (Fsp3) is 0.276. The number of esters is 1. The van der Waals surface area contributed by atoms with Crippen LogP contribution in [0.3, 0.4) is 0 Å². The van der Waals surface area contributed by atoms with Gasteiger partial charge in [-0.25, -0.2) is 9.59 Å². The summed E-state index contributed by atoms with van der Waals surface area (Å²) in [5.41, 5.74) is 2.52. The van der Waals surface area contributed by atoms with E-state index in [1.807, 2.05) is 91.0 Å². The minimum absolute atomic E-state index is 0.0774. The molecule has 188 valence electrons. The molecule has 0 fully saturated rings. The van der Waals surface area contributed by atoms with Crippen LogP contribution in [0.15, 0.2) is 91.0 Å². The number of carbonyl (C=O) groups is 3. The van der Waals surface area contributed by atoms with Gasteiger partial charge in [0.15, 0.2) is 0 Å². The first-order chi connectivity index (χ1) is 17.4. The summed E-state index contributed by atoms with van der Waals surface area (Å²) in [4.78, 5) is 38.8. The molecule has 0 aromatic heterocycles. The lowest BCUT2D eigenvalue weighted by molar-refractivity contribution is -0.145. The van der Waals surface area contributed by atoms with E-state index in [1.165, 1.54) is 7.11 Å². The van der Waals surface area contributed by atoms with Gasteiger partial charge in [0, 0.05) is 5.92 Å². The van der Waals surface area contributed by atoms with E-state index >= 15 is 0 Å². The van der Waals surface area contributed by atoms with Gasteiger partial charge in [0.1, 0.15) is 18.7 Å². The van der Waals surface area contributed by atoms with Gasteiger partial charge in [-0.2, -0.15) is 0 Å². The molecule has 0 radical (unpaired) electrons. The van der Waals surface area contributed by atoms with Crippen molar-refractivity contribution in [2.75, 3.05) is 7.11 Å². The highest BCUT2D eigenvalue weighted by molar-refractivity contribution is 5.90. The minimum atomic E-state index is -1.02. The average molecular weight is 489 g/mol. The molecule has 2 amide bonds. The van der Waals surface area contributed by atoms with Crippen molar-refractivity contribution in [3.05, 3.63) is 108 Å². The number of carbonyl (C=O) groups excluding carboxylic acids is 3. The number of nitrogens with one attached hydrogen (secondary N) is 2. The van der Waals surface area contributed by atoms with E-state index in [2.05, 4.69) is 10.6 Å². The number of benzene rings is 3. The zero-order valence-electron chi connectivity index (χ0n) is 20.7. The highest BCUT2D eigenvalue weighted by Gasteiger charge is 2.36. The molecule has 0 aliphatic heterocycles. The molecular formula is C29H32N2O5. The smallest absolute Gasteiger partial charge is 0.408 e. The second-order valence-electron chi connectivity index (χ2n) is 8.74. The summed E-state index contributed by atoms with van der Waals surface area (Å²) in [6, 6.07) is 26.2. The Kier molecular flexibility index (Phi) is 9.63. The summed E-state index contributed by atoms with van der Waals surface area (Å²) in [5, 5.41) is 5.48. The minimum Gasteiger partial charge on any atom is -0.467 e. The molecule has 0 saturated carbocycles. The van der Waals surface area contributed by atoms with Crippen LogP contribution in [0.25, 0.3) is 0 Å². The molecule has 7 nitrogen and oxygen atoms in total. The van der Waals surface area contributed by atoms with Crippen molar-refractivity contribution in [2.45, 2.75) is 38.5 Å². The third kappa shape index (κ3) is 7.18. The maximum atomic E-state index is 13.4. The van der Waals surface area contributed by atoms with E-state index in [1.54, 1.807) is 13.8 Å². The summed E-state index contributed by atoms with van der Waals surface area (Å²) in [7, 11) is 1.29. The zero-order chi connectivity index (χ0) is 25.9. The Bertz CT molecular complexity index is 1080. The molecule has 2 N–H and O–H groups in total. The number of amides is 2. The van der Waals surface area contributed by atoms with Gasteiger partial charge in [-0.1, -0.05) is 105 Å². The molecule has 3 aromatic rings. The molecule has 0 heterocycles. The highest BCUT2D eigenvalue weighted by atomic mass is 16.5. The van der Waals surface area contributed by atoms with Crippen LogP contribution in [0.4, 0.5) is 4.79 Å². The van der Waals surface area contributed by atoms with Crippen molar-refractivity contribution >= 4 is 18.0 Å². The Morgan fingerprint density at radius 1 is 0.722 bits per heavy atom. The quantitative estimate of drug-likeness (QED) is 0.412. The lowest BCUT2D eigenvalue weighted by Crippen LogP contribution is -2.55. The second-order valence-corrected chi connectivity index (χ2v) is 8.74. The lowest BCUT2D eigenvalue weighted by atomic mass is 9.84. The van der Waals surface area contributed by atoms with Gasteiger partial charge in [-0.3, -0.25) is 4.79 Å². The Morgan fingerprint density at radius 2 is 1.22 bits per heavy atom. The van der Waals surface area contributed by atoms with Crippen LogP contribution in [0.5, 0.6) is 0 Å². The van der Waals surface area contributed by atoms with E-state index < -0.39 is 36.0 Å². The first kappa shape index (κ1) is 26.5. The summed E-state index contributed by atoms with van der Waals surface area (Å²) < 4.78 is 10.4. The number of ether oxygens (including phenoxy) is 2. The summed E-state index contributed by atoms with van der Waals surface area (Å²) >= 11 is 0. The maximum Gasteiger partial charge on any atom is 0.408 e. The first-order valence-electron chi connectivity index (χ1n) is 11.9. The molecule has 2 atom stereocenters. The topological polar surface area (TPSA) is 93.7 Å². The SMILES string of the molecule is COC(=O)[C@@H](NC(=O)[C@H](NC(=O)OCc1ccccc1)C(C)C)C(c1ccccc1)c1ccccc1. The fourth-order valence-electron chi connectivity index (χ4n) is 3.97. The van der Waals surface area contributed by atoms with Crippen LogP contribution in [0.2, 0.25) is 0 Å². The predicted molar refractivity (Wildman–Crippen MR) is 137 cm³/mol. The molecule has 36 heavy (non-hydrogen) atoms. The molecule has 0 spiro atoms. The lowest BCUT2D eigenvalue weighted by Gasteiger charge is -2.29. The Balaban J connectivity index is 1.81. The molecule has 3 rings (SSSR count). The number of alkyl carbamates (subject to hydrolysis) is 1. The third-order valence-corrected chi connectivity index (χ3v) is 5.84.